The molecule has 0 amide bonds. The number of rotatable bonds is 9. The van der Waals surface area contributed by atoms with Crippen molar-refractivity contribution in [3.63, 3.8) is 0 Å². The molecule has 0 aliphatic heterocycles. The smallest absolute Gasteiger partial charge is 0.0195 e. The maximum Gasteiger partial charge on any atom is 0.0195 e. The molecule has 1 N–H and O–H groups in total. The molecule has 2 heteroatoms. The molecule has 0 aromatic carbocycles. The third-order valence-corrected chi connectivity index (χ3v) is 5.34. The molecule has 1 unspecified atom stereocenters. The van der Waals surface area contributed by atoms with Gasteiger partial charge >= 0.3 is 0 Å². The molecule has 1 atom stereocenters. The molecule has 106 valence electrons. The standard InChI is InChI=1S/C16H31NS/c1-4-11-17-15(12-14(3)5-2)13-18-16-9-7-6-8-10-16/h15-17H,3-13H2,1-2H3. The van der Waals surface area contributed by atoms with Crippen molar-refractivity contribution in [3.05, 3.63) is 12.2 Å². The van der Waals surface area contributed by atoms with Gasteiger partial charge in [-0.15, -0.1) is 0 Å². The van der Waals surface area contributed by atoms with Crippen LogP contribution in [0.5, 0.6) is 0 Å². The van der Waals surface area contributed by atoms with Gasteiger partial charge in [-0.25, -0.2) is 0 Å². The van der Waals surface area contributed by atoms with Crippen molar-refractivity contribution < 1.29 is 0 Å². The SMILES string of the molecule is C=C(CC)CC(CSC1CCCCC1)NCCC. The summed E-state index contributed by atoms with van der Waals surface area (Å²) in [4.78, 5) is 0. The summed E-state index contributed by atoms with van der Waals surface area (Å²) in [6.45, 7) is 9.77. The van der Waals surface area contributed by atoms with Crippen molar-refractivity contribution in [3.8, 4) is 0 Å². The maximum atomic E-state index is 4.17. The van der Waals surface area contributed by atoms with Gasteiger partial charge in [0, 0.05) is 17.0 Å². The number of hydrogen-bond donors (Lipinski definition) is 1. The minimum atomic E-state index is 0.643. The van der Waals surface area contributed by atoms with E-state index in [-0.39, 0.29) is 0 Å². The number of hydrogen-bond acceptors (Lipinski definition) is 2. The third-order valence-electron chi connectivity index (χ3n) is 3.80. The molecule has 0 radical (unpaired) electrons. The van der Waals surface area contributed by atoms with E-state index in [4.69, 9.17) is 0 Å². The van der Waals surface area contributed by atoms with Crippen LogP contribution in [0.1, 0.15) is 65.2 Å². The molecular formula is C16H31NS. The normalized spacial score (nSPS) is 18.8. The highest BCUT2D eigenvalue weighted by Gasteiger charge is 2.16. The van der Waals surface area contributed by atoms with E-state index in [0.29, 0.717) is 6.04 Å². The lowest BCUT2D eigenvalue weighted by molar-refractivity contribution is 0.511. The lowest BCUT2D eigenvalue weighted by Gasteiger charge is -2.25. The number of thioether (sulfide) groups is 1. The summed E-state index contributed by atoms with van der Waals surface area (Å²) >= 11 is 2.20. The zero-order valence-corrected chi connectivity index (χ0v) is 13.2. The van der Waals surface area contributed by atoms with Crippen LogP contribution in [0.4, 0.5) is 0 Å². The third kappa shape index (κ3) is 6.84. The van der Waals surface area contributed by atoms with E-state index in [0.717, 1.165) is 24.6 Å². The molecule has 1 saturated carbocycles. The van der Waals surface area contributed by atoms with E-state index >= 15 is 0 Å². The second kappa shape index (κ2) is 9.91. The lowest BCUT2D eigenvalue weighted by atomic mass is 10.0. The van der Waals surface area contributed by atoms with Crippen LogP contribution in [0, 0.1) is 0 Å². The predicted octanol–water partition coefficient (Wildman–Crippen LogP) is 4.78. The largest absolute Gasteiger partial charge is 0.313 e. The van der Waals surface area contributed by atoms with Gasteiger partial charge in [0.2, 0.25) is 0 Å². The first-order valence-corrected chi connectivity index (χ1v) is 8.82. The second-order valence-electron chi connectivity index (χ2n) is 5.55. The van der Waals surface area contributed by atoms with E-state index in [1.54, 1.807) is 0 Å². The Hall–Kier alpha value is 0.0500. The Balaban J connectivity index is 2.27. The van der Waals surface area contributed by atoms with Crippen LogP contribution in [0.25, 0.3) is 0 Å². The Bertz CT molecular complexity index is 221. The van der Waals surface area contributed by atoms with Crippen LogP contribution in [0.3, 0.4) is 0 Å². The van der Waals surface area contributed by atoms with Gasteiger partial charge in [0.05, 0.1) is 0 Å². The van der Waals surface area contributed by atoms with Gasteiger partial charge in [-0.1, -0.05) is 45.3 Å². The molecule has 18 heavy (non-hydrogen) atoms. The molecule has 0 heterocycles. The molecule has 1 rings (SSSR count). The molecule has 0 bridgehead atoms. The Morgan fingerprint density at radius 1 is 1.28 bits per heavy atom. The summed E-state index contributed by atoms with van der Waals surface area (Å²) in [5.74, 6) is 1.27. The summed E-state index contributed by atoms with van der Waals surface area (Å²) in [6, 6.07) is 0.643. The molecule has 0 aromatic rings. The molecular weight excluding hydrogens is 238 g/mol. The van der Waals surface area contributed by atoms with Gasteiger partial charge in [-0.2, -0.15) is 11.8 Å². The van der Waals surface area contributed by atoms with Crippen LogP contribution in [0.15, 0.2) is 12.2 Å². The van der Waals surface area contributed by atoms with Crippen LogP contribution >= 0.6 is 11.8 Å². The van der Waals surface area contributed by atoms with Crippen molar-refractivity contribution in [1.29, 1.82) is 0 Å². The highest BCUT2D eigenvalue weighted by Crippen LogP contribution is 2.29. The van der Waals surface area contributed by atoms with Crippen molar-refractivity contribution >= 4 is 11.8 Å². The van der Waals surface area contributed by atoms with E-state index in [1.807, 2.05) is 0 Å². The minimum absolute atomic E-state index is 0.643. The first-order chi connectivity index (χ1) is 8.76. The highest BCUT2D eigenvalue weighted by atomic mass is 32.2. The molecule has 1 aliphatic rings. The van der Waals surface area contributed by atoms with Crippen molar-refractivity contribution in [2.75, 3.05) is 12.3 Å². The van der Waals surface area contributed by atoms with Crippen LogP contribution in [-0.4, -0.2) is 23.6 Å². The average molecular weight is 269 g/mol. The van der Waals surface area contributed by atoms with Gasteiger partial charge in [0.1, 0.15) is 0 Å². The van der Waals surface area contributed by atoms with Gasteiger partial charge in [-0.3, -0.25) is 0 Å². The summed E-state index contributed by atoms with van der Waals surface area (Å²) < 4.78 is 0. The van der Waals surface area contributed by atoms with Crippen LogP contribution < -0.4 is 5.32 Å². The second-order valence-corrected chi connectivity index (χ2v) is 6.89. The zero-order valence-electron chi connectivity index (χ0n) is 12.3. The predicted molar refractivity (Wildman–Crippen MR) is 85.5 cm³/mol. The van der Waals surface area contributed by atoms with Gasteiger partial charge in [-0.05, 0) is 38.6 Å². The number of nitrogens with one attached hydrogen (secondary N) is 1. The summed E-state index contributed by atoms with van der Waals surface area (Å²) in [6.07, 6.45) is 10.8. The Morgan fingerprint density at radius 3 is 2.61 bits per heavy atom. The fraction of sp³-hybridized carbons (Fsp3) is 0.875. The molecule has 1 aliphatic carbocycles. The quantitative estimate of drug-likeness (QED) is 0.605. The maximum absolute atomic E-state index is 4.17. The monoisotopic (exact) mass is 269 g/mol. The van der Waals surface area contributed by atoms with Gasteiger partial charge < -0.3 is 5.32 Å². The fourth-order valence-corrected chi connectivity index (χ4v) is 3.92. The van der Waals surface area contributed by atoms with Crippen LogP contribution in [-0.2, 0) is 0 Å². The Kier molecular flexibility index (Phi) is 8.87. The summed E-state index contributed by atoms with van der Waals surface area (Å²) in [5.41, 5.74) is 1.40. The van der Waals surface area contributed by atoms with Gasteiger partial charge in [0.15, 0.2) is 0 Å². The topological polar surface area (TPSA) is 12.0 Å². The molecule has 1 fully saturated rings. The molecule has 0 aromatic heterocycles. The van der Waals surface area contributed by atoms with Crippen molar-refractivity contribution in [2.24, 2.45) is 0 Å². The Morgan fingerprint density at radius 2 is 2.00 bits per heavy atom. The van der Waals surface area contributed by atoms with Crippen molar-refractivity contribution in [1.82, 2.24) is 5.32 Å². The van der Waals surface area contributed by atoms with Crippen molar-refractivity contribution in [2.45, 2.75) is 76.5 Å². The lowest BCUT2D eigenvalue weighted by Crippen LogP contribution is -2.33. The van der Waals surface area contributed by atoms with E-state index in [9.17, 15) is 0 Å². The fourth-order valence-electron chi connectivity index (χ4n) is 2.52. The molecule has 0 spiro atoms. The van der Waals surface area contributed by atoms with E-state index < -0.39 is 0 Å². The highest BCUT2D eigenvalue weighted by molar-refractivity contribution is 7.99. The Labute approximate surface area is 118 Å². The first-order valence-electron chi connectivity index (χ1n) is 7.77. The average Bonchev–Trinajstić information content (AvgIpc) is 2.42. The van der Waals surface area contributed by atoms with E-state index in [1.165, 1.54) is 49.9 Å². The summed E-state index contributed by atoms with van der Waals surface area (Å²) in [7, 11) is 0. The molecule has 1 nitrogen and oxygen atoms in total. The first kappa shape index (κ1) is 16.1. The van der Waals surface area contributed by atoms with Gasteiger partial charge in [0.25, 0.3) is 0 Å². The van der Waals surface area contributed by atoms with E-state index in [2.05, 4.69) is 37.5 Å². The minimum Gasteiger partial charge on any atom is -0.313 e. The zero-order chi connectivity index (χ0) is 13.2. The summed E-state index contributed by atoms with van der Waals surface area (Å²) in [5, 5.41) is 4.62. The van der Waals surface area contributed by atoms with Crippen LogP contribution in [0.2, 0.25) is 0 Å². The molecule has 0 saturated heterocycles.